The summed E-state index contributed by atoms with van der Waals surface area (Å²) in [6, 6.07) is 0. The van der Waals surface area contributed by atoms with Crippen molar-refractivity contribution < 1.29 is 71.1 Å². The Hall–Kier alpha value is 0.503. The molecule has 59 valence electrons. The Balaban J connectivity index is -0.00000000225. The second kappa shape index (κ2) is 2710. The first-order valence-electron chi connectivity index (χ1n) is 0.612. The third-order valence-corrected chi connectivity index (χ3v) is 0. The van der Waals surface area contributed by atoms with Gasteiger partial charge in [-0.3, -0.25) is 14.4 Å². The topological polar surface area (TPSA) is 51.2 Å². The fraction of sp³-hybridized carbons (Fsp3) is 0. The van der Waals surface area contributed by atoms with Crippen molar-refractivity contribution in [2.45, 2.75) is 0 Å². The minimum Gasteiger partial charge on any atom is -1.00 e. The van der Waals surface area contributed by atoms with E-state index in [9.17, 15) is 0 Å². The molecule has 0 fully saturated rings. The van der Waals surface area contributed by atoms with Crippen LogP contribution in [-0.2, 0) is 33.9 Å². The maximum atomic E-state index is 7.50. The summed E-state index contributed by atoms with van der Waals surface area (Å²) in [6.07, 6.45) is 0. The van der Waals surface area contributed by atoms with E-state index in [1.54, 1.807) is 0 Å². The van der Waals surface area contributed by atoms with Crippen molar-refractivity contribution in [3.05, 3.63) is 0 Å². The number of carbonyl (C=O) groups excluding carboxylic acids is 3. The molecular formula is C3Cl3O3Ru. The number of rotatable bonds is 0. The monoisotopic (exact) mass is 291 g/mol. The van der Waals surface area contributed by atoms with E-state index in [4.69, 9.17) is 14.4 Å². The molecular weight excluding hydrogens is 291 g/mol. The molecule has 0 rings (SSSR count). The van der Waals surface area contributed by atoms with Gasteiger partial charge in [0.1, 0.15) is 0 Å². The zero-order valence-corrected chi connectivity index (χ0v) is 8.22. The van der Waals surface area contributed by atoms with E-state index in [1.165, 1.54) is 0 Å². The van der Waals surface area contributed by atoms with Crippen LogP contribution in [0.3, 0.4) is 0 Å². The molecule has 0 aliphatic heterocycles. The summed E-state index contributed by atoms with van der Waals surface area (Å²) in [5.41, 5.74) is 0. The van der Waals surface area contributed by atoms with Crippen LogP contribution in [0.4, 0.5) is 0 Å². The predicted octanol–water partition coefficient (Wildman–Crippen LogP) is -10.2. The van der Waals surface area contributed by atoms with Gasteiger partial charge in [-0.15, -0.1) is 0 Å². The van der Waals surface area contributed by atoms with Gasteiger partial charge in [-0.2, -0.15) is 0 Å². The number of hydrogen-bond acceptors (Lipinski definition) is 3. The predicted molar refractivity (Wildman–Crippen MR) is 17.1 cm³/mol. The quantitative estimate of drug-likeness (QED) is 0.417. The number of hydrogen-bond donors (Lipinski definition) is 0. The summed E-state index contributed by atoms with van der Waals surface area (Å²) in [5.74, 6) is 0. The van der Waals surface area contributed by atoms with Gasteiger partial charge >= 0.3 is 19.5 Å². The Morgan fingerprint density at radius 2 is 0.500 bits per heavy atom. The van der Waals surface area contributed by atoms with E-state index >= 15 is 0 Å². The molecule has 0 amide bonds. The van der Waals surface area contributed by atoms with Gasteiger partial charge in [-0.05, 0) is 0 Å². The second-order valence-corrected chi connectivity index (χ2v) is 0. The molecule has 0 aromatic heterocycles. The van der Waals surface area contributed by atoms with Crippen molar-refractivity contribution in [3.63, 3.8) is 0 Å². The molecule has 0 spiro atoms. The van der Waals surface area contributed by atoms with Gasteiger partial charge in [0.15, 0.2) is 0 Å². The van der Waals surface area contributed by atoms with Gasteiger partial charge in [-0.25, -0.2) is 0 Å². The van der Waals surface area contributed by atoms with Gasteiger partial charge in [0, 0.05) is 0 Å². The van der Waals surface area contributed by atoms with Crippen LogP contribution in [0.2, 0.25) is 0 Å². The summed E-state index contributed by atoms with van der Waals surface area (Å²) in [6.45, 7) is 13.5. The summed E-state index contributed by atoms with van der Waals surface area (Å²) in [5, 5.41) is 0. The van der Waals surface area contributed by atoms with Crippen LogP contribution >= 0.6 is 0 Å². The third kappa shape index (κ3) is 1890. The van der Waals surface area contributed by atoms with Crippen molar-refractivity contribution >= 4 is 20.4 Å². The van der Waals surface area contributed by atoms with E-state index in [0.29, 0.717) is 0 Å². The van der Waals surface area contributed by atoms with E-state index in [-0.39, 0.29) is 56.7 Å². The minimum absolute atomic E-state index is 0. The zero-order chi connectivity index (χ0) is 6.00. The van der Waals surface area contributed by atoms with E-state index in [2.05, 4.69) is 20.4 Å². The Labute approximate surface area is 91.3 Å². The Kier molecular flexibility index (Phi) is 21000. The Morgan fingerprint density at radius 3 is 0.500 bits per heavy atom. The molecule has 3 nitrogen and oxygen atoms in total. The molecule has 10 heavy (non-hydrogen) atoms. The molecule has 0 aliphatic carbocycles. The standard InChI is InChI=1S/3CO.3ClH.Ru/c3*1-2;;;;/h;;;3*1H;/q;;;;;;+3/p-3. The van der Waals surface area contributed by atoms with Crippen molar-refractivity contribution in [1.82, 2.24) is 0 Å². The van der Waals surface area contributed by atoms with Gasteiger partial charge in [0.25, 0.3) is 20.4 Å². The molecule has 0 heterocycles. The second-order valence-electron chi connectivity index (χ2n) is 0. The third-order valence-electron chi connectivity index (χ3n) is 0. The maximum absolute atomic E-state index is 7.50. The maximum Gasteiger partial charge on any atom is 3.00 e. The molecule has 0 atom stereocenters. The molecule has 0 saturated heterocycles. The van der Waals surface area contributed by atoms with E-state index in [1.807, 2.05) is 0 Å². The molecule has 0 aromatic rings. The van der Waals surface area contributed by atoms with Crippen LogP contribution in [0.1, 0.15) is 0 Å². The Morgan fingerprint density at radius 1 is 0.500 bits per heavy atom. The smallest absolute Gasteiger partial charge is 1.00 e. The first kappa shape index (κ1) is 77.3. The fourth-order valence-electron chi connectivity index (χ4n) is 0. The number of halogens is 3. The Bertz CT molecular complexity index is 23.7. The van der Waals surface area contributed by atoms with Gasteiger partial charge < -0.3 is 37.2 Å². The van der Waals surface area contributed by atoms with E-state index < -0.39 is 0 Å². The summed E-state index contributed by atoms with van der Waals surface area (Å²) < 4.78 is 0. The molecule has 0 saturated carbocycles. The minimum atomic E-state index is 0. The van der Waals surface area contributed by atoms with Crippen LogP contribution in [-0.4, -0.2) is 20.4 Å². The molecule has 7 radical (unpaired) electrons. The van der Waals surface area contributed by atoms with Crippen molar-refractivity contribution in [2.24, 2.45) is 0 Å². The largest absolute Gasteiger partial charge is 3.00 e. The van der Waals surface area contributed by atoms with E-state index in [0.717, 1.165) is 0 Å². The van der Waals surface area contributed by atoms with Crippen LogP contribution in [0, 0.1) is 0 Å². The summed E-state index contributed by atoms with van der Waals surface area (Å²) in [4.78, 5) is 22.5. The molecule has 0 N–H and O–H groups in total. The van der Waals surface area contributed by atoms with Crippen molar-refractivity contribution in [1.29, 1.82) is 0 Å². The van der Waals surface area contributed by atoms with Crippen LogP contribution < -0.4 is 37.2 Å². The average Bonchev–Trinajstić information content (AvgIpc) is 1.81. The molecule has 0 aliphatic rings. The van der Waals surface area contributed by atoms with Crippen LogP contribution in [0.15, 0.2) is 0 Å². The first-order valence-corrected chi connectivity index (χ1v) is 0.612. The zero-order valence-electron chi connectivity index (χ0n) is 4.21. The van der Waals surface area contributed by atoms with Crippen LogP contribution in [0.5, 0.6) is 0 Å². The molecule has 7 heteroatoms. The SMILES string of the molecule is [C]=O.[C]=O.[C]=O.[Cl-].[Cl-].[Cl-].[Ru+3]. The first-order chi connectivity index (χ1) is 3.00. The molecule has 0 unspecified atom stereocenters. The van der Waals surface area contributed by atoms with Crippen molar-refractivity contribution in [3.8, 4) is 0 Å². The fourth-order valence-corrected chi connectivity index (χ4v) is 0. The van der Waals surface area contributed by atoms with Gasteiger partial charge in [-0.1, -0.05) is 0 Å². The molecule has 0 bridgehead atoms. The van der Waals surface area contributed by atoms with Gasteiger partial charge in [0.2, 0.25) is 0 Å². The molecule has 0 aromatic carbocycles. The average molecular weight is 291 g/mol. The summed E-state index contributed by atoms with van der Waals surface area (Å²) >= 11 is 0. The summed E-state index contributed by atoms with van der Waals surface area (Å²) in [7, 11) is 0. The normalized spacial score (nSPS) is 1.20. The van der Waals surface area contributed by atoms with Crippen molar-refractivity contribution in [2.75, 3.05) is 0 Å². The van der Waals surface area contributed by atoms with Crippen LogP contribution in [0.25, 0.3) is 0 Å². The van der Waals surface area contributed by atoms with Gasteiger partial charge in [0.05, 0.1) is 0 Å².